The number of pyridine rings is 3. The van der Waals surface area contributed by atoms with Crippen LogP contribution >= 0.6 is 0 Å². The molecular formula is C34H30N6O2. The average Bonchev–Trinajstić information content (AvgIpc) is 3.02. The van der Waals surface area contributed by atoms with Gasteiger partial charge >= 0.3 is 0 Å². The van der Waals surface area contributed by atoms with E-state index in [4.69, 9.17) is 4.74 Å². The van der Waals surface area contributed by atoms with Crippen molar-refractivity contribution in [2.45, 2.75) is 25.7 Å². The summed E-state index contributed by atoms with van der Waals surface area (Å²) in [6.45, 7) is 1.38. The van der Waals surface area contributed by atoms with E-state index in [1.807, 2.05) is 48.7 Å². The quantitative estimate of drug-likeness (QED) is 0.214. The summed E-state index contributed by atoms with van der Waals surface area (Å²) in [5, 5.41) is 11.1. The SMILES string of the molecule is O=C(Nc1nccc2c1CCCc1cnccc1N2)c1cccc(Nc2ccnc3ccc(C4=CCOCC4)cc23)c1. The van der Waals surface area contributed by atoms with Gasteiger partial charge in [0.1, 0.15) is 5.82 Å². The van der Waals surface area contributed by atoms with Crippen LogP contribution in [0.5, 0.6) is 0 Å². The lowest BCUT2D eigenvalue weighted by atomic mass is 9.99. The second-order valence-electron chi connectivity index (χ2n) is 10.5. The molecule has 208 valence electrons. The molecule has 2 aliphatic rings. The lowest BCUT2D eigenvalue weighted by Crippen LogP contribution is -2.16. The first-order valence-corrected chi connectivity index (χ1v) is 14.2. The molecular weight excluding hydrogens is 524 g/mol. The Balaban J connectivity index is 1.13. The van der Waals surface area contributed by atoms with Crippen molar-refractivity contribution in [2.24, 2.45) is 0 Å². The van der Waals surface area contributed by atoms with Crippen LogP contribution in [0.4, 0.5) is 28.6 Å². The number of nitrogens with one attached hydrogen (secondary N) is 3. The predicted octanol–water partition coefficient (Wildman–Crippen LogP) is 7.06. The predicted molar refractivity (Wildman–Crippen MR) is 167 cm³/mol. The summed E-state index contributed by atoms with van der Waals surface area (Å²) in [5.41, 5.74) is 9.83. The van der Waals surface area contributed by atoms with Gasteiger partial charge in [0.25, 0.3) is 5.91 Å². The molecule has 0 fully saturated rings. The minimum Gasteiger partial charge on any atom is -0.377 e. The van der Waals surface area contributed by atoms with Crippen LogP contribution in [-0.2, 0) is 17.6 Å². The molecule has 0 spiro atoms. The lowest BCUT2D eigenvalue weighted by Gasteiger charge is -2.20. The standard InChI is InChI=1S/C34H30N6O2/c41-34(40-33-27-6-2-4-25-21-35-14-9-29(25)39-31(27)11-16-37-33)24-3-1-5-26(19-24)38-32-10-15-36-30-8-7-23(20-28(30)32)22-12-17-42-18-13-22/h1,3,5,7-12,14-16,19-21,39H,2,4,6,13,17-18H2,(H,36,38)(H,37,40,41). The van der Waals surface area contributed by atoms with Crippen LogP contribution in [-0.4, -0.2) is 34.1 Å². The van der Waals surface area contributed by atoms with Crippen molar-refractivity contribution < 1.29 is 9.53 Å². The number of aromatic nitrogens is 3. The van der Waals surface area contributed by atoms with Gasteiger partial charge in [-0.1, -0.05) is 18.2 Å². The lowest BCUT2D eigenvalue weighted by molar-refractivity contribution is 0.102. The Hall–Kier alpha value is -5.08. The third-order valence-electron chi connectivity index (χ3n) is 7.81. The Bertz CT molecular complexity index is 1830. The number of rotatable bonds is 5. The molecule has 8 heteroatoms. The zero-order valence-electron chi connectivity index (χ0n) is 23.1. The van der Waals surface area contributed by atoms with Crippen molar-refractivity contribution in [2.75, 3.05) is 29.2 Å². The van der Waals surface area contributed by atoms with Crippen LogP contribution in [0.1, 0.15) is 39.9 Å². The van der Waals surface area contributed by atoms with Crippen LogP contribution in [0, 0.1) is 0 Å². The van der Waals surface area contributed by atoms with Crippen molar-refractivity contribution in [1.29, 1.82) is 0 Å². The number of aryl methyl sites for hydroxylation is 1. The van der Waals surface area contributed by atoms with Crippen LogP contribution in [0.25, 0.3) is 16.5 Å². The van der Waals surface area contributed by atoms with Crippen molar-refractivity contribution >= 4 is 51.0 Å². The van der Waals surface area contributed by atoms with Crippen LogP contribution in [0.2, 0.25) is 0 Å². The first-order chi connectivity index (χ1) is 20.7. The first-order valence-electron chi connectivity index (χ1n) is 14.2. The Labute approximate surface area is 243 Å². The van der Waals surface area contributed by atoms with Crippen molar-refractivity contribution in [3.05, 3.63) is 114 Å². The second-order valence-corrected chi connectivity index (χ2v) is 10.5. The van der Waals surface area contributed by atoms with Gasteiger partial charge in [0, 0.05) is 64.1 Å². The maximum Gasteiger partial charge on any atom is 0.256 e. The number of carbonyl (C=O) groups excluding carboxylic acids is 1. The van der Waals surface area contributed by atoms with E-state index in [-0.39, 0.29) is 5.91 Å². The maximum atomic E-state index is 13.5. The van der Waals surface area contributed by atoms with Gasteiger partial charge in [0.05, 0.1) is 18.7 Å². The highest BCUT2D eigenvalue weighted by Gasteiger charge is 2.18. The molecule has 7 rings (SSSR count). The zero-order chi connectivity index (χ0) is 28.3. The van der Waals surface area contributed by atoms with E-state index >= 15 is 0 Å². The topological polar surface area (TPSA) is 101 Å². The fraction of sp³-hybridized carbons (Fsp3) is 0.176. The molecule has 5 aromatic rings. The van der Waals surface area contributed by atoms with Gasteiger partial charge in [-0.25, -0.2) is 4.98 Å². The van der Waals surface area contributed by atoms with E-state index in [1.54, 1.807) is 18.6 Å². The smallest absolute Gasteiger partial charge is 0.256 e. The van der Waals surface area contributed by atoms with Gasteiger partial charge in [-0.3, -0.25) is 14.8 Å². The monoisotopic (exact) mass is 554 g/mol. The van der Waals surface area contributed by atoms with E-state index < -0.39 is 0 Å². The molecule has 2 aliphatic heterocycles. The number of fused-ring (bicyclic) bond motifs is 3. The highest BCUT2D eigenvalue weighted by molar-refractivity contribution is 6.05. The van der Waals surface area contributed by atoms with Crippen LogP contribution < -0.4 is 16.0 Å². The molecule has 0 radical (unpaired) electrons. The van der Waals surface area contributed by atoms with Crippen molar-refractivity contribution in [1.82, 2.24) is 15.0 Å². The van der Waals surface area contributed by atoms with E-state index in [2.05, 4.69) is 55.2 Å². The largest absolute Gasteiger partial charge is 0.377 e. The number of hydrogen-bond donors (Lipinski definition) is 3. The van der Waals surface area contributed by atoms with Gasteiger partial charge in [-0.2, -0.15) is 0 Å². The summed E-state index contributed by atoms with van der Waals surface area (Å²) in [7, 11) is 0. The third-order valence-corrected chi connectivity index (χ3v) is 7.81. The summed E-state index contributed by atoms with van der Waals surface area (Å²) in [4.78, 5) is 26.8. The van der Waals surface area contributed by atoms with E-state index in [9.17, 15) is 4.79 Å². The Morgan fingerprint density at radius 1 is 0.905 bits per heavy atom. The molecule has 5 heterocycles. The third kappa shape index (κ3) is 5.32. The minimum absolute atomic E-state index is 0.209. The molecule has 0 bridgehead atoms. The molecule has 0 aliphatic carbocycles. The second kappa shape index (κ2) is 11.4. The van der Waals surface area contributed by atoms with Crippen LogP contribution in [0.3, 0.4) is 0 Å². The van der Waals surface area contributed by atoms with E-state index in [0.717, 1.165) is 71.5 Å². The highest BCUT2D eigenvalue weighted by atomic mass is 16.5. The van der Waals surface area contributed by atoms with E-state index in [0.29, 0.717) is 18.0 Å². The molecule has 2 aromatic carbocycles. The number of ether oxygens (including phenoxy) is 1. The van der Waals surface area contributed by atoms with Gasteiger partial charge in [0.2, 0.25) is 0 Å². The number of anilines is 5. The molecule has 8 nitrogen and oxygen atoms in total. The van der Waals surface area contributed by atoms with Gasteiger partial charge < -0.3 is 20.7 Å². The summed E-state index contributed by atoms with van der Waals surface area (Å²) >= 11 is 0. The highest BCUT2D eigenvalue weighted by Crippen LogP contribution is 2.33. The summed E-state index contributed by atoms with van der Waals surface area (Å²) in [6, 6.07) is 19.8. The van der Waals surface area contributed by atoms with Crippen molar-refractivity contribution in [3.8, 4) is 0 Å². The normalized spacial score (nSPS) is 14.4. The number of benzene rings is 2. The number of nitrogens with zero attached hydrogens (tertiary/aromatic N) is 3. The fourth-order valence-corrected chi connectivity index (χ4v) is 5.64. The molecule has 0 saturated heterocycles. The van der Waals surface area contributed by atoms with E-state index in [1.165, 1.54) is 16.7 Å². The molecule has 3 N–H and O–H groups in total. The first kappa shape index (κ1) is 25.9. The maximum absolute atomic E-state index is 13.5. The summed E-state index contributed by atoms with van der Waals surface area (Å²) in [6.07, 6.45) is 12.9. The number of hydrogen-bond acceptors (Lipinski definition) is 7. The number of amides is 1. The Kier molecular flexibility index (Phi) is 7.03. The molecule has 1 amide bonds. The molecule has 0 saturated carbocycles. The van der Waals surface area contributed by atoms with Crippen molar-refractivity contribution in [3.63, 3.8) is 0 Å². The summed E-state index contributed by atoms with van der Waals surface area (Å²) < 4.78 is 5.49. The minimum atomic E-state index is -0.209. The average molecular weight is 555 g/mol. The molecule has 0 atom stereocenters. The summed E-state index contributed by atoms with van der Waals surface area (Å²) in [5.74, 6) is 0.371. The van der Waals surface area contributed by atoms with Gasteiger partial charge in [-0.15, -0.1) is 0 Å². The fourth-order valence-electron chi connectivity index (χ4n) is 5.64. The zero-order valence-corrected chi connectivity index (χ0v) is 23.1. The Morgan fingerprint density at radius 2 is 1.83 bits per heavy atom. The number of carbonyl (C=O) groups is 1. The van der Waals surface area contributed by atoms with Crippen LogP contribution in [0.15, 0.2) is 91.5 Å². The molecule has 3 aromatic heterocycles. The Morgan fingerprint density at radius 3 is 2.76 bits per heavy atom. The van der Waals surface area contributed by atoms with Gasteiger partial charge in [-0.05, 0) is 90.9 Å². The van der Waals surface area contributed by atoms with Gasteiger partial charge in [0.15, 0.2) is 0 Å². The molecule has 42 heavy (non-hydrogen) atoms. The molecule has 0 unspecified atom stereocenters.